The van der Waals surface area contributed by atoms with Crippen LogP contribution in [0.3, 0.4) is 0 Å². The van der Waals surface area contributed by atoms with E-state index in [1.54, 1.807) is 6.07 Å². The smallest absolute Gasteiger partial charge is 0.325 e. The second-order valence-electron chi connectivity index (χ2n) is 7.24. The third kappa shape index (κ3) is 4.41. The standard InChI is InChI=1S/C16H23NO3Si2/c1-21(2,3)19-15-11-13(16(18)20-22(4,5)6)12-9-7-8-10-14(12)17-15/h7-11H,1-6H3. The highest BCUT2D eigenvalue weighted by Gasteiger charge is 2.24. The van der Waals surface area contributed by atoms with Crippen LogP contribution in [0.15, 0.2) is 30.3 Å². The first-order valence-corrected chi connectivity index (χ1v) is 14.2. The number of benzene rings is 1. The molecule has 0 N–H and O–H groups in total. The second-order valence-corrected chi connectivity index (χ2v) is 16.1. The summed E-state index contributed by atoms with van der Waals surface area (Å²) < 4.78 is 11.6. The maximum absolute atomic E-state index is 12.5. The highest BCUT2D eigenvalue weighted by Crippen LogP contribution is 2.25. The van der Waals surface area contributed by atoms with Gasteiger partial charge in [-0.2, -0.15) is 0 Å². The van der Waals surface area contributed by atoms with Crippen molar-refractivity contribution < 1.29 is 13.6 Å². The minimum absolute atomic E-state index is 0.293. The van der Waals surface area contributed by atoms with Crippen LogP contribution in [0.5, 0.6) is 5.88 Å². The molecule has 0 aliphatic heterocycles. The fraction of sp³-hybridized carbons (Fsp3) is 0.375. The van der Waals surface area contributed by atoms with E-state index in [4.69, 9.17) is 8.85 Å². The van der Waals surface area contributed by atoms with Gasteiger partial charge in [0.05, 0.1) is 11.1 Å². The molecule has 0 saturated heterocycles. The minimum Gasteiger partial charge on any atom is -0.531 e. The Hall–Kier alpha value is -1.67. The first kappa shape index (κ1) is 16.7. The molecule has 0 radical (unpaired) electrons. The highest BCUT2D eigenvalue weighted by molar-refractivity contribution is 6.71. The van der Waals surface area contributed by atoms with Crippen LogP contribution in [0.2, 0.25) is 39.3 Å². The summed E-state index contributed by atoms with van der Waals surface area (Å²) in [6, 6.07) is 9.29. The zero-order valence-corrected chi connectivity index (χ0v) is 16.1. The summed E-state index contributed by atoms with van der Waals surface area (Å²) in [6.07, 6.45) is 0. The third-order valence-corrected chi connectivity index (χ3v) is 4.34. The molecule has 1 aromatic heterocycles. The molecule has 0 atom stereocenters. The molecule has 2 rings (SSSR count). The van der Waals surface area contributed by atoms with Gasteiger partial charge in [0.25, 0.3) is 0 Å². The van der Waals surface area contributed by atoms with Crippen LogP contribution >= 0.6 is 0 Å². The van der Waals surface area contributed by atoms with Crippen molar-refractivity contribution in [2.45, 2.75) is 39.3 Å². The largest absolute Gasteiger partial charge is 0.531 e. The Morgan fingerprint density at radius 1 is 1.00 bits per heavy atom. The summed E-state index contributed by atoms with van der Waals surface area (Å²) in [4.78, 5) is 17.0. The molecule has 0 unspecified atom stereocenters. The average Bonchev–Trinajstić information content (AvgIpc) is 2.33. The Bertz CT molecular complexity index is 703. The van der Waals surface area contributed by atoms with E-state index in [1.807, 2.05) is 43.9 Å². The predicted octanol–water partition coefficient (Wildman–Crippen LogP) is 4.44. The molecule has 22 heavy (non-hydrogen) atoms. The van der Waals surface area contributed by atoms with E-state index in [0.717, 1.165) is 10.9 Å². The average molecular weight is 334 g/mol. The summed E-state index contributed by atoms with van der Waals surface area (Å²) >= 11 is 0. The van der Waals surface area contributed by atoms with Crippen molar-refractivity contribution in [1.82, 2.24) is 4.98 Å². The van der Waals surface area contributed by atoms with Gasteiger partial charge >= 0.3 is 5.97 Å². The maximum atomic E-state index is 12.5. The van der Waals surface area contributed by atoms with E-state index in [1.165, 1.54) is 0 Å². The number of hydrogen-bond acceptors (Lipinski definition) is 4. The zero-order valence-electron chi connectivity index (χ0n) is 14.1. The summed E-state index contributed by atoms with van der Waals surface area (Å²) in [5.41, 5.74) is 1.28. The Morgan fingerprint density at radius 3 is 2.23 bits per heavy atom. The minimum atomic E-state index is -1.96. The molecule has 0 aliphatic rings. The number of para-hydroxylation sites is 1. The molecule has 6 heteroatoms. The van der Waals surface area contributed by atoms with E-state index in [0.29, 0.717) is 11.4 Å². The van der Waals surface area contributed by atoms with Gasteiger partial charge in [-0.25, -0.2) is 9.78 Å². The van der Waals surface area contributed by atoms with E-state index >= 15 is 0 Å². The molecule has 4 nitrogen and oxygen atoms in total. The first-order valence-electron chi connectivity index (χ1n) is 7.37. The number of nitrogens with zero attached hydrogens (tertiary/aromatic N) is 1. The van der Waals surface area contributed by atoms with E-state index < -0.39 is 16.6 Å². The van der Waals surface area contributed by atoms with E-state index in [9.17, 15) is 4.79 Å². The Balaban J connectivity index is 2.53. The molecule has 0 aliphatic carbocycles. The van der Waals surface area contributed by atoms with Gasteiger partial charge < -0.3 is 8.85 Å². The molecule has 1 aromatic carbocycles. The molecule has 0 amide bonds. The van der Waals surface area contributed by atoms with Gasteiger partial charge in [0.15, 0.2) is 0 Å². The Kier molecular flexibility index (Phi) is 4.44. The summed E-state index contributed by atoms with van der Waals surface area (Å²) in [5.74, 6) is 0.207. The normalized spacial score (nSPS) is 12.3. The van der Waals surface area contributed by atoms with Gasteiger partial charge in [0.2, 0.25) is 22.5 Å². The molecular weight excluding hydrogens is 310 g/mol. The number of carbonyl (C=O) groups excluding carboxylic acids is 1. The lowest BCUT2D eigenvalue weighted by molar-refractivity contribution is 0.0726. The fourth-order valence-corrected chi connectivity index (χ4v) is 3.42. The topological polar surface area (TPSA) is 48.4 Å². The fourth-order valence-electron chi connectivity index (χ4n) is 2.02. The lowest BCUT2D eigenvalue weighted by Crippen LogP contribution is -2.31. The molecule has 0 saturated carbocycles. The van der Waals surface area contributed by atoms with Crippen LogP contribution in [0.1, 0.15) is 10.4 Å². The summed E-state index contributed by atoms with van der Waals surface area (Å²) in [6.45, 7) is 12.2. The van der Waals surface area contributed by atoms with Crippen LogP contribution in [-0.2, 0) is 4.43 Å². The molecule has 0 spiro atoms. The van der Waals surface area contributed by atoms with Crippen molar-refractivity contribution in [1.29, 1.82) is 0 Å². The van der Waals surface area contributed by atoms with Crippen molar-refractivity contribution in [2.75, 3.05) is 0 Å². The van der Waals surface area contributed by atoms with E-state index in [2.05, 4.69) is 24.6 Å². The van der Waals surface area contributed by atoms with Crippen LogP contribution in [0.25, 0.3) is 10.9 Å². The van der Waals surface area contributed by atoms with Crippen molar-refractivity contribution in [3.05, 3.63) is 35.9 Å². The second kappa shape index (κ2) is 5.85. The number of aromatic nitrogens is 1. The van der Waals surface area contributed by atoms with Crippen molar-refractivity contribution in [3.8, 4) is 5.88 Å². The van der Waals surface area contributed by atoms with Gasteiger partial charge in [-0.05, 0) is 45.3 Å². The lowest BCUT2D eigenvalue weighted by atomic mass is 10.1. The quantitative estimate of drug-likeness (QED) is 0.776. The Morgan fingerprint density at radius 2 is 1.64 bits per heavy atom. The Labute approximate surface area is 133 Å². The van der Waals surface area contributed by atoms with Gasteiger partial charge in [-0.1, -0.05) is 18.2 Å². The van der Waals surface area contributed by atoms with Crippen molar-refractivity contribution >= 4 is 33.5 Å². The van der Waals surface area contributed by atoms with Crippen LogP contribution in [-0.4, -0.2) is 27.6 Å². The maximum Gasteiger partial charge on any atom is 0.325 e. The number of fused-ring (bicyclic) bond motifs is 1. The molecule has 0 bridgehead atoms. The number of pyridine rings is 1. The first-order chi connectivity index (χ1) is 10.1. The summed E-state index contributed by atoms with van der Waals surface area (Å²) in [5, 5.41) is 0.800. The molecule has 2 aromatic rings. The third-order valence-electron chi connectivity index (χ3n) is 2.72. The highest BCUT2D eigenvalue weighted by atomic mass is 28.4. The molecule has 0 fully saturated rings. The lowest BCUT2D eigenvalue weighted by Gasteiger charge is -2.21. The van der Waals surface area contributed by atoms with Crippen LogP contribution < -0.4 is 4.43 Å². The van der Waals surface area contributed by atoms with Gasteiger partial charge in [0, 0.05) is 11.5 Å². The van der Waals surface area contributed by atoms with Gasteiger partial charge in [0.1, 0.15) is 0 Å². The number of rotatable bonds is 4. The predicted molar refractivity (Wildman–Crippen MR) is 94.5 cm³/mol. The van der Waals surface area contributed by atoms with E-state index in [-0.39, 0.29) is 5.97 Å². The van der Waals surface area contributed by atoms with Gasteiger partial charge in [-0.3, -0.25) is 0 Å². The number of hydrogen-bond donors (Lipinski definition) is 0. The van der Waals surface area contributed by atoms with Crippen molar-refractivity contribution in [3.63, 3.8) is 0 Å². The SMILES string of the molecule is C[Si](C)(C)OC(=O)c1cc(O[Si](C)(C)C)nc2ccccc12. The number of carbonyl (C=O) groups is 1. The molecule has 118 valence electrons. The van der Waals surface area contributed by atoms with Crippen LogP contribution in [0.4, 0.5) is 0 Å². The van der Waals surface area contributed by atoms with Crippen molar-refractivity contribution in [2.24, 2.45) is 0 Å². The zero-order chi connectivity index (χ0) is 16.5. The molecule has 1 heterocycles. The monoisotopic (exact) mass is 333 g/mol. The van der Waals surface area contributed by atoms with Crippen LogP contribution in [0, 0.1) is 0 Å². The summed E-state index contributed by atoms with van der Waals surface area (Å²) in [7, 11) is -3.75. The molecular formula is C16H23NO3Si2. The van der Waals surface area contributed by atoms with Gasteiger partial charge in [-0.15, -0.1) is 0 Å².